The zero-order chi connectivity index (χ0) is 11.5. The van der Waals surface area contributed by atoms with Crippen molar-refractivity contribution in [3.8, 4) is 5.69 Å². The van der Waals surface area contributed by atoms with Crippen LogP contribution in [-0.4, -0.2) is 16.1 Å². The lowest BCUT2D eigenvalue weighted by Crippen LogP contribution is -2.04. The average Bonchev–Trinajstić information content (AvgIpc) is 2.60. The van der Waals surface area contributed by atoms with Crippen LogP contribution in [0, 0.1) is 6.92 Å². The van der Waals surface area contributed by atoms with Gasteiger partial charge in [0.2, 0.25) is 5.95 Å². The van der Waals surface area contributed by atoms with E-state index < -0.39 is 0 Å². The summed E-state index contributed by atoms with van der Waals surface area (Å²) >= 11 is 5.98. The highest BCUT2D eigenvalue weighted by Gasteiger charge is 2.06. The van der Waals surface area contributed by atoms with Crippen molar-refractivity contribution in [3.63, 3.8) is 0 Å². The number of aromatic nitrogens is 2. The molecule has 4 heteroatoms. The van der Waals surface area contributed by atoms with Crippen LogP contribution in [0.25, 0.3) is 5.69 Å². The summed E-state index contributed by atoms with van der Waals surface area (Å²) in [5, 5.41) is 3.95. The molecule has 1 heterocycles. The predicted octanol–water partition coefficient (Wildman–Crippen LogP) is 3.27. The normalized spacial score (nSPS) is 10.4. The first kappa shape index (κ1) is 11.0. The third-order valence-electron chi connectivity index (χ3n) is 2.25. The molecule has 0 aliphatic rings. The minimum absolute atomic E-state index is 0.728. The average molecular weight is 236 g/mol. The highest BCUT2D eigenvalue weighted by Crippen LogP contribution is 2.19. The maximum absolute atomic E-state index is 5.98. The number of nitrogens with one attached hydrogen (secondary N) is 1. The van der Waals surface area contributed by atoms with Crippen molar-refractivity contribution in [1.82, 2.24) is 9.55 Å². The Morgan fingerprint density at radius 1 is 1.44 bits per heavy atom. The molecule has 1 aromatic carbocycles. The van der Waals surface area contributed by atoms with Crippen LogP contribution in [0.4, 0.5) is 5.95 Å². The molecule has 1 N–H and O–H groups in total. The summed E-state index contributed by atoms with van der Waals surface area (Å²) in [6.45, 7) is 4.87. The molecular formula is C12H14ClN3. The molecule has 2 rings (SSSR count). The lowest BCUT2D eigenvalue weighted by atomic mass is 10.3. The van der Waals surface area contributed by atoms with E-state index in [9.17, 15) is 0 Å². The van der Waals surface area contributed by atoms with Gasteiger partial charge in [0.15, 0.2) is 0 Å². The Morgan fingerprint density at radius 3 is 2.94 bits per heavy atom. The Balaban J connectivity index is 2.46. The summed E-state index contributed by atoms with van der Waals surface area (Å²) in [6.07, 6.45) is 1.99. The molecule has 0 aliphatic carbocycles. The standard InChI is InChI=1S/C12H14ClN3/c1-3-14-12-15-9(2)8-16(12)11-6-4-5-10(13)7-11/h4-8H,3H2,1-2H3,(H,14,15). The van der Waals surface area contributed by atoms with Gasteiger partial charge in [-0.15, -0.1) is 0 Å². The second-order valence-corrected chi connectivity index (χ2v) is 4.02. The van der Waals surface area contributed by atoms with Gasteiger partial charge in [0.05, 0.1) is 5.69 Å². The highest BCUT2D eigenvalue weighted by atomic mass is 35.5. The van der Waals surface area contributed by atoms with Crippen LogP contribution in [0.3, 0.4) is 0 Å². The predicted molar refractivity (Wildman–Crippen MR) is 67.5 cm³/mol. The fourth-order valence-electron chi connectivity index (χ4n) is 1.60. The number of nitrogens with zero attached hydrogens (tertiary/aromatic N) is 2. The van der Waals surface area contributed by atoms with Gasteiger partial charge in [-0.25, -0.2) is 4.98 Å². The number of aryl methyl sites for hydroxylation is 1. The summed E-state index contributed by atoms with van der Waals surface area (Å²) in [5.74, 6) is 0.849. The smallest absolute Gasteiger partial charge is 0.207 e. The van der Waals surface area contributed by atoms with Gasteiger partial charge in [-0.1, -0.05) is 17.7 Å². The third kappa shape index (κ3) is 2.19. The molecule has 0 spiro atoms. The molecule has 0 saturated heterocycles. The van der Waals surface area contributed by atoms with E-state index in [1.165, 1.54) is 0 Å². The molecule has 2 aromatic rings. The van der Waals surface area contributed by atoms with Gasteiger partial charge in [-0.05, 0) is 32.0 Å². The molecule has 1 aromatic heterocycles. The van der Waals surface area contributed by atoms with Crippen molar-refractivity contribution in [1.29, 1.82) is 0 Å². The van der Waals surface area contributed by atoms with Gasteiger partial charge in [0, 0.05) is 23.5 Å². The molecule has 0 bridgehead atoms. The maximum atomic E-state index is 5.98. The van der Waals surface area contributed by atoms with E-state index in [1.54, 1.807) is 0 Å². The summed E-state index contributed by atoms with van der Waals surface area (Å²) in [4.78, 5) is 4.42. The lowest BCUT2D eigenvalue weighted by Gasteiger charge is -2.08. The Hall–Kier alpha value is -1.48. The van der Waals surface area contributed by atoms with E-state index >= 15 is 0 Å². The van der Waals surface area contributed by atoms with Crippen LogP contribution >= 0.6 is 11.6 Å². The summed E-state index contributed by atoms with van der Waals surface area (Å²) < 4.78 is 2.00. The van der Waals surface area contributed by atoms with Crippen molar-refractivity contribution in [2.45, 2.75) is 13.8 Å². The van der Waals surface area contributed by atoms with Crippen LogP contribution in [0.15, 0.2) is 30.5 Å². The fraction of sp³-hybridized carbons (Fsp3) is 0.250. The molecule has 0 fully saturated rings. The lowest BCUT2D eigenvalue weighted by molar-refractivity contribution is 1.02. The molecule has 0 amide bonds. The molecule has 16 heavy (non-hydrogen) atoms. The number of hydrogen-bond donors (Lipinski definition) is 1. The number of rotatable bonds is 3. The van der Waals surface area contributed by atoms with Gasteiger partial charge in [0.1, 0.15) is 0 Å². The zero-order valence-electron chi connectivity index (χ0n) is 9.37. The van der Waals surface area contributed by atoms with E-state index in [1.807, 2.05) is 48.9 Å². The minimum Gasteiger partial charge on any atom is -0.356 e. The first-order chi connectivity index (χ1) is 7.70. The first-order valence-corrected chi connectivity index (χ1v) is 5.64. The molecule has 0 unspecified atom stereocenters. The quantitative estimate of drug-likeness (QED) is 0.885. The van der Waals surface area contributed by atoms with E-state index in [0.29, 0.717) is 0 Å². The second kappa shape index (κ2) is 4.58. The molecule has 0 radical (unpaired) electrons. The summed E-state index contributed by atoms with van der Waals surface area (Å²) in [5.41, 5.74) is 2.00. The number of halogens is 1. The number of hydrogen-bond acceptors (Lipinski definition) is 2. The van der Waals surface area contributed by atoms with E-state index in [2.05, 4.69) is 10.3 Å². The number of imidazole rings is 1. The van der Waals surface area contributed by atoms with Crippen LogP contribution in [0.5, 0.6) is 0 Å². The van der Waals surface area contributed by atoms with Gasteiger partial charge < -0.3 is 5.32 Å². The van der Waals surface area contributed by atoms with Crippen molar-refractivity contribution in [3.05, 3.63) is 41.2 Å². The molecule has 0 atom stereocenters. The Bertz CT molecular complexity index is 491. The van der Waals surface area contributed by atoms with Gasteiger partial charge >= 0.3 is 0 Å². The van der Waals surface area contributed by atoms with E-state index in [0.717, 1.165) is 28.9 Å². The van der Waals surface area contributed by atoms with Crippen molar-refractivity contribution in [2.75, 3.05) is 11.9 Å². The third-order valence-corrected chi connectivity index (χ3v) is 2.48. The molecule has 0 aliphatic heterocycles. The monoisotopic (exact) mass is 235 g/mol. The summed E-state index contributed by atoms with van der Waals surface area (Å²) in [7, 11) is 0. The first-order valence-electron chi connectivity index (χ1n) is 5.26. The van der Waals surface area contributed by atoms with Crippen LogP contribution in [0.1, 0.15) is 12.6 Å². The Labute approximate surface area is 100 Å². The minimum atomic E-state index is 0.728. The number of benzene rings is 1. The zero-order valence-corrected chi connectivity index (χ0v) is 10.1. The summed E-state index contributed by atoms with van der Waals surface area (Å²) in [6, 6.07) is 7.72. The molecule has 0 saturated carbocycles. The second-order valence-electron chi connectivity index (χ2n) is 3.59. The Kier molecular flexibility index (Phi) is 3.15. The van der Waals surface area contributed by atoms with Crippen molar-refractivity contribution < 1.29 is 0 Å². The van der Waals surface area contributed by atoms with Gasteiger partial charge in [-0.2, -0.15) is 0 Å². The van der Waals surface area contributed by atoms with E-state index in [4.69, 9.17) is 11.6 Å². The van der Waals surface area contributed by atoms with Crippen LogP contribution in [-0.2, 0) is 0 Å². The van der Waals surface area contributed by atoms with E-state index in [-0.39, 0.29) is 0 Å². The largest absolute Gasteiger partial charge is 0.356 e. The van der Waals surface area contributed by atoms with Gasteiger partial charge in [-0.3, -0.25) is 4.57 Å². The molecule has 3 nitrogen and oxygen atoms in total. The van der Waals surface area contributed by atoms with Crippen LogP contribution < -0.4 is 5.32 Å². The van der Waals surface area contributed by atoms with Crippen molar-refractivity contribution in [2.24, 2.45) is 0 Å². The van der Waals surface area contributed by atoms with Crippen LogP contribution in [0.2, 0.25) is 5.02 Å². The van der Waals surface area contributed by atoms with Gasteiger partial charge in [0.25, 0.3) is 0 Å². The molecule has 84 valence electrons. The molecular weight excluding hydrogens is 222 g/mol. The fourth-order valence-corrected chi connectivity index (χ4v) is 1.79. The SMILES string of the molecule is CCNc1nc(C)cn1-c1cccc(Cl)c1. The van der Waals surface area contributed by atoms with Crippen molar-refractivity contribution >= 4 is 17.5 Å². The maximum Gasteiger partial charge on any atom is 0.207 e. The Morgan fingerprint density at radius 2 is 2.25 bits per heavy atom. The topological polar surface area (TPSA) is 29.9 Å². The highest BCUT2D eigenvalue weighted by molar-refractivity contribution is 6.30. The number of anilines is 1.